The van der Waals surface area contributed by atoms with Gasteiger partial charge in [0.25, 0.3) is 0 Å². The molecule has 0 spiro atoms. The van der Waals surface area contributed by atoms with Crippen LogP contribution < -0.4 is 5.32 Å². The van der Waals surface area contributed by atoms with E-state index in [4.69, 9.17) is 4.74 Å². The monoisotopic (exact) mass is 251 g/mol. The van der Waals surface area contributed by atoms with Crippen LogP contribution in [0.25, 0.3) is 0 Å². The maximum absolute atomic E-state index is 5.85. The molecule has 4 heteroatoms. The summed E-state index contributed by atoms with van der Waals surface area (Å²) in [6.07, 6.45) is 9.19. The number of imidazole rings is 1. The lowest BCUT2D eigenvalue weighted by Crippen LogP contribution is -2.29. The lowest BCUT2D eigenvalue weighted by Gasteiger charge is -2.29. The van der Waals surface area contributed by atoms with E-state index < -0.39 is 0 Å². The molecule has 1 aliphatic carbocycles. The number of rotatable bonds is 5. The molecule has 2 rings (SSSR count). The summed E-state index contributed by atoms with van der Waals surface area (Å²) in [5.41, 5.74) is 0.966. The number of aromatic nitrogens is 2. The van der Waals surface area contributed by atoms with Gasteiger partial charge in [-0.15, -0.1) is 0 Å². The predicted molar refractivity (Wildman–Crippen MR) is 72.4 cm³/mol. The van der Waals surface area contributed by atoms with Crippen molar-refractivity contribution in [3.8, 4) is 0 Å². The van der Waals surface area contributed by atoms with Gasteiger partial charge in [0.2, 0.25) is 0 Å². The average Bonchev–Trinajstić information content (AvgIpc) is 2.74. The molecule has 1 saturated carbocycles. The Labute approximate surface area is 110 Å². The highest BCUT2D eigenvalue weighted by atomic mass is 16.5. The van der Waals surface area contributed by atoms with Gasteiger partial charge in [-0.2, -0.15) is 0 Å². The predicted octanol–water partition coefficient (Wildman–Crippen LogP) is 2.72. The summed E-state index contributed by atoms with van der Waals surface area (Å²) in [6, 6.07) is 0. The zero-order chi connectivity index (χ0) is 12.8. The van der Waals surface area contributed by atoms with Crippen molar-refractivity contribution in [2.75, 3.05) is 13.7 Å². The van der Waals surface area contributed by atoms with Crippen LogP contribution in [0.5, 0.6) is 0 Å². The minimum Gasteiger partial charge on any atom is -0.370 e. The standard InChI is InChI=1S/C14H25N3O/c1-3-15-10-12-11-16-13(17-12)14(18-2)8-6-4-5-7-9-14/h11,15H,3-10H2,1-2H3,(H,16,17). The van der Waals surface area contributed by atoms with E-state index in [1.807, 2.05) is 13.3 Å². The van der Waals surface area contributed by atoms with Crippen molar-refractivity contribution in [3.05, 3.63) is 17.7 Å². The van der Waals surface area contributed by atoms with E-state index in [1.54, 1.807) is 0 Å². The third-order valence-corrected chi connectivity index (χ3v) is 3.93. The Bertz CT molecular complexity index is 354. The normalized spacial score (nSPS) is 19.7. The van der Waals surface area contributed by atoms with E-state index in [2.05, 4.69) is 22.2 Å². The van der Waals surface area contributed by atoms with Gasteiger partial charge in [-0.25, -0.2) is 4.98 Å². The van der Waals surface area contributed by atoms with E-state index in [0.717, 1.165) is 37.4 Å². The first kappa shape index (κ1) is 13.6. The molecular weight excluding hydrogens is 226 g/mol. The van der Waals surface area contributed by atoms with Crippen molar-refractivity contribution in [3.63, 3.8) is 0 Å². The Kier molecular flexibility index (Phi) is 4.78. The SMILES string of the molecule is CCNCc1cnc(C2(OC)CCCCCC2)[nH]1. The highest BCUT2D eigenvalue weighted by Gasteiger charge is 2.35. The Hall–Kier alpha value is -0.870. The fourth-order valence-corrected chi connectivity index (χ4v) is 2.78. The zero-order valence-corrected chi connectivity index (χ0v) is 11.6. The quantitative estimate of drug-likeness (QED) is 0.791. The van der Waals surface area contributed by atoms with Crippen LogP contribution >= 0.6 is 0 Å². The van der Waals surface area contributed by atoms with Gasteiger partial charge in [-0.05, 0) is 19.4 Å². The molecule has 1 fully saturated rings. The summed E-state index contributed by atoms with van der Waals surface area (Å²) in [7, 11) is 1.82. The summed E-state index contributed by atoms with van der Waals surface area (Å²) in [5, 5.41) is 3.31. The number of hydrogen-bond donors (Lipinski definition) is 2. The summed E-state index contributed by atoms with van der Waals surface area (Å²) in [5.74, 6) is 1.01. The molecule has 0 bridgehead atoms. The van der Waals surface area contributed by atoms with E-state index in [-0.39, 0.29) is 5.60 Å². The van der Waals surface area contributed by atoms with Crippen LogP contribution in [0.1, 0.15) is 57.0 Å². The fourth-order valence-electron chi connectivity index (χ4n) is 2.78. The van der Waals surface area contributed by atoms with Gasteiger partial charge in [-0.3, -0.25) is 0 Å². The molecule has 0 saturated heterocycles. The first-order valence-electron chi connectivity index (χ1n) is 7.11. The molecule has 0 atom stereocenters. The minimum absolute atomic E-state index is 0.180. The first-order valence-corrected chi connectivity index (χ1v) is 7.11. The molecule has 0 aromatic carbocycles. The second kappa shape index (κ2) is 6.34. The van der Waals surface area contributed by atoms with E-state index in [1.165, 1.54) is 25.7 Å². The summed E-state index contributed by atoms with van der Waals surface area (Å²) in [6.45, 7) is 3.94. The molecule has 0 unspecified atom stereocenters. The molecule has 4 nitrogen and oxygen atoms in total. The molecular formula is C14H25N3O. The number of nitrogens with zero attached hydrogens (tertiary/aromatic N) is 1. The largest absolute Gasteiger partial charge is 0.370 e. The van der Waals surface area contributed by atoms with Crippen molar-refractivity contribution in [1.82, 2.24) is 15.3 Å². The maximum atomic E-state index is 5.85. The van der Waals surface area contributed by atoms with Gasteiger partial charge < -0.3 is 15.0 Å². The smallest absolute Gasteiger partial charge is 0.138 e. The van der Waals surface area contributed by atoms with Gasteiger partial charge in [0.05, 0.1) is 0 Å². The van der Waals surface area contributed by atoms with Gasteiger partial charge in [0.15, 0.2) is 0 Å². The fraction of sp³-hybridized carbons (Fsp3) is 0.786. The van der Waals surface area contributed by atoms with Gasteiger partial charge in [0.1, 0.15) is 11.4 Å². The third-order valence-electron chi connectivity index (χ3n) is 3.93. The summed E-state index contributed by atoms with van der Waals surface area (Å²) < 4.78 is 5.85. The Morgan fingerprint density at radius 1 is 1.33 bits per heavy atom. The number of hydrogen-bond acceptors (Lipinski definition) is 3. The molecule has 0 radical (unpaired) electrons. The average molecular weight is 251 g/mol. The van der Waals surface area contributed by atoms with Gasteiger partial charge in [-0.1, -0.05) is 32.6 Å². The van der Waals surface area contributed by atoms with Crippen LogP contribution in [0, 0.1) is 0 Å². The second-order valence-electron chi connectivity index (χ2n) is 5.15. The molecule has 2 N–H and O–H groups in total. The van der Waals surface area contributed by atoms with Crippen molar-refractivity contribution in [2.45, 2.75) is 57.6 Å². The number of aromatic amines is 1. The van der Waals surface area contributed by atoms with Crippen LogP contribution in [0.15, 0.2) is 6.20 Å². The lowest BCUT2D eigenvalue weighted by molar-refractivity contribution is -0.0345. The number of H-pyrrole nitrogens is 1. The first-order chi connectivity index (χ1) is 8.80. The molecule has 1 aromatic rings. The summed E-state index contributed by atoms with van der Waals surface area (Å²) >= 11 is 0. The van der Waals surface area contributed by atoms with E-state index in [9.17, 15) is 0 Å². The summed E-state index contributed by atoms with van der Waals surface area (Å²) in [4.78, 5) is 8.00. The molecule has 0 aliphatic heterocycles. The van der Waals surface area contributed by atoms with Crippen LogP contribution in [0.2, 0.25) is 0 Å². The Morgan fingerprint density at radius 2 is 2.06 bits per heavy atom. The second-order valence-corrected chi connectivity index (χ2v) is 5.15. The highest BCUT2D eigenvalue weighted by Crippen LogP contribution is 2.37. The van der Waals surface area contributed by atoms with Crippen LogP contribution in [0.4, 0.5) is 0 Å². The van der Waals surface area contributed by atoms with Crippen LogP contribution in [-0.4, -0.2) is 23.6 Å². The van der Waals surface area contributed by atoms with Crippen molar-refractivity contribution in [1.29, 1.82) is 0 Å². The third kappa shape index (κ3) is 2.93. The topological polar surface area (TPSA) is 49.9 Å². The van der Waals surface area contributed by atoms with E-state index >= 15 is 0 Å². The van der Waals surface area contributed by atoms with Crippen molar-refractivity contribution < 1.29 is 4.74 Å². The molecule has 1 aliphatic rings. The molecule has 0 amide bonds. The number of methoxy groups -OCH3 is 1. The Balaban J connectivity index is 2.12. The van der Waals surface area contributed by atoms with Crippen LogP contribution in [-0.2, 0) is 16.9 Å². The molecule has 1 heterocycles. The maximum Gasteiger partial charge on any atom is 0.138 e. The number of ether oxygens (including phenoxy) is 1. The van der Waals surface area contributed by atoms with E-state index in [0.29, 0.717) is 0 Å². The molecule has 1 aromatic heterocycles. The van der Waals surface area contributed by atoms with Crippen LogP contribution in [0.3, 0.4) is 0 Å². The van der Waals surface area contributed by atoms with Gasteiger partial charge >= 0.3 is 0 Å². The van der Waals surface area contributed by atoms with Crippen molar-refractivity contribution in [2.24, 2.45) is 0 Å². The number of nitrogens with one attached hydrogen (secondary N) is 2. The minimum atomic E-state index is -0.180. The molecule has 102 valence electrons. The Morgan fingerprint density at radius 3 is 2.67 bits per heavy atom. The van der Waals surface area contributed by atoms with Gasteiger partial charge in [0, 0.05) is 25.5 Å². The molecule has 18 heavy (non-hydrogen) atoms. The lowest BCUT2D eigenvalue weighted by atomic mass is 9.93. The van der Waals surface area contributed by atoms with Crippen molar-refractivity contribution >= 4 is 0 Å². The zero-order valence-electron chi connectivity index (χ0n) is 11.6. The highest BCUT2D eigenvalue weighted by molar-refractivity contribution is 5.09.